The van der Waals surface area contributed by atoms with Crippen molar-refractivity contribution in [1.29, 1.82) is 0 Å². The largest absolute Gasteiger partial charge is 2.00 e. The predicted molar refractivity (Wildman–Crippen MR) is 111 cm³/mol. The third-order valence-corrected chi connectivity index (χ3v) is 7.35. The standard InChI is InChI=1S/C18H16N2O11S3.Cu/c21-16-6-5-11(32(23,24)8-7-31-34(28,29)30)9-14(16)19-20-15-10-17(33(25,26)27)12-3-1-2-4-13(12)18(15)22;/h1-6,9-10,21-22H,7-8H2,(H,25,26,27)(H,28,29,30);/q;+2/p-2. The molecule has 35 heavy (non-hydrogen) atoms. The number of rotatable bonds is 8. The fourth-order valence-electron chi connectivity index (χ4n) is 2.82. The van der Waals surface area contributed by atoms with Gasteiger partial charge in [-0.05, 0) is 29.0 Å². The van der Waals surface area contributed by atoms with Crippen molar-refractivity contribution in [2.75, 3.05) is 12.4 Å². The van der Waals surface area contributed by atoms with Gasteiger partial charge in [-0.1, -0.05) is 41.8 Å². The van der Waals surface area contributed by atoms with Gasteiger partial charge in [-0.3, -0.25) is 4.18 Å². The van der Waals surface area contributed by atoms with Crippen molar-refractivity contribution in [2.45, 2.75) is 9.79 Å². The molecule has 3 aromatic rings. The Labute approximate surface area is 213 Å². The third kappa shape index (κ3) is 6.96. The number of nitrogens with zero attached hydrogens (tertiary/aromatic N) is 2. The molecule has 3 aromatic carbocycles. The number of sulfone groups is 1. The van der Waals surface area contributed by atoms with E-state index in [4.69, 9.17) is 0 Å². The number of hydrogen-bond donors (Lipinski definition) is 0. The van der Waals surface area contributed by atoms with Gasteiger partial charge in [0.2, 0.25) is 10.4 Å². The van der Waals surface area contributed by atoms with E-state index in [0.717, 1.165) is 18.2 Å². The topological polar surface area (TPSA) is 229 Å². The Kier molecular flexibility index (Phi) is 8.62. The summed E-state index contributed by atoms with van der Waals surface area (Å²) in [6.07, 6.45) is 0. The van der Waals surface area contributed by atoms with E-state index < -0.39 is 75.4 Å². The second kappa shape index (κ2) is 10.5. The van der Waals surface area contributed by atoms with E-state index in [0.29, 0.717) is 6.07 Å². The summed E-state index contributed by atoms with van der Waals surface area (Å²) in [5.41, 5.74) is -1.15. The Bertz CT molecular complexity index is 1630. The zero-order valence-corrected chi connectivity index (χ0v) is 20.3. The molecule has 0 aromatic heterocycles. The first-order chi connectivity index (χ1) is 15.7. The fourth-order valence-corrected chi connectivity index (χ4v) is 5.02. The molecule has 0 spiro atoms. The van der Waals surface area contributed by atoms with Crippen LogP contribution in [0.2, 0.25) is 0 Å². The van der Waals surface area contributed by atoms with Gasteiger partial charge in [0.1, 0.15) is 10.1 Å². The van der Waals surface area contributed by atoms with Crippen molar-refractivity contribution in [3.63, 3.8) is 0 Å². The Morgan fingerprint density at radius 3 is 2.03 bits per heavy atom. The van der Waals surface area contributed by atoms with E-state index >= 15 is 0 Å². The molecule has 0 fully saturated rings. The average Bonchev–Trinajstić information content (AvgIpc) is 2.72. The minimum absolute atomic E-state index is 0. The Morgan fingerprint density at radius 2 is 1.43 bits per heavy atom. The first-order valence-corrected chi connectivity index (χ1v) is 13.3. The molecule has 0 aliphatic heterocycles. The van der Waals surface area contributed by atoms with Gasteiger partial charge in [-0.25, -0.2) is 25.3 Å². The van der Waals surface area contributed by atoms with Crippen molar-refractivity contribution < 1.29 is 68.7 Å². The molecule has 0 unspecified atom stereocenters. The van der Waals surface area contributed by atoms with Crippen LogP contribution in [0, 0.1) is 0 Å². The molecular formula is C18H14CuN2O11S3. The summed E-state index contributed by atoms with van der Waals surface area (Å²) in [7, 11) is -14.3. The van der Waals surface area contributed by atoms with Crippen molar-refractivity contribution in [2.24, 2.45) is 10.2 Å². The van der Waals surface area contributed by atoms with Crippen LogP contribution in [0.4, 0.5) is 11.4 Å². The third-order valence-electron chi connectivity index (χ3n) is 4.34. The Balaban J connectivity index is 0.00000432. The quantitative estimate of drug-likeness (QED) is 0.153. The summed E-state index contributed by atoms with van der Waals surface area (Å²) >= 11 is 0. The molecule has 3 rings (SSSR count). The summed E-state index contributed by atoms with van der Waals surface area (Å²) in [4.78, 5) is -1.22. The fraction of sp³-hybridized carbons (Fsp3) is 0.111. The van der Waals surface area contributed by atoms with Crippen LogP contribution in [-0.4, -0.2) is 46.7 Å². The molecule has 0 N–H and O–H groups in total. The van der Waals surface area contributed by atoms with Crippen LogP contribution in [0.15, 0.2) is 68.6 Å². The second-order valence-electron chi connectivity index (χ2n) is 6.60. The summed E-state index contributed by atoms with van der Waals surface area (Å²) in [5.74, 6) is -2.52. The van der Waals surface area contributed by atoms with Crippen LogP contribution in [0.5, 0.6) is 11.5 Å². The van der Waals surface area contributed by atoms with Crippen LogP contribution in [-0.2, 0) is 51.6 Å². The van der Waals surface area contributed by atoms with Gasteiger partial charge in [0, 0.05) is 0 Å². The molecule has 1 radical (unpaired) electrons. The average molecular weight is 594 g/mol. The maximum Gasteiger partial charge on any atom is 2.00 e. The molecule has 0 heterocycles. The summed E-state index contributed by atoms with van der Waals surface area (Å²) in [6.45, 7) is -0.965. The van der Waals surface area contributed by atoms with Gasteiger partial charge in [-0.15, -0.1) is 0 Å². The molecule has 0 aliphatic rings. The van der Waals surface area contributed by atoms with E-state index in [1.54, 1.807) is 0 Å². The molecule has 0 aliphatic carbocycles. The van der Waals surface area contributed by atoms with Crippen molar-refractivity contribution in [1.82, 2.24) is 0 Å². The minimum Gasteiger partial charge on any atom is -0.871 e. The number of azo groups is 1. The van der Waals surface area contributed by atoms with Crippen LogP contribution in [0.25, 0.3) is 10.8 Å². The van der Waals surface area contributed by atoms with Crippen molar-refractivity contribution in [3.8, 4) is 11.5 Å². The Morgan fingerprint density at radius 1 is 0.829 bits per heavy atom. The van der Waals surface area contributed by atoms with Crippen molar-refractivity contribution >= 4 is 52.5 Å². The van der Waals surface area contributed by atoms with Crippen LogP contribution >= 0.6 is 0 Å². The summed E-state index contributed by atoms with van der Waals surface area (Å²) in [6, 6.07) is 8.57. The molecule has 0 atom stereocenters. The van der Waals surface area contributed by atoms with Gasteiger partial charge in [-0.2, -0.15) is 10.2 Å². The molecular weight excluding hydrogens is 580 g/mol. The van der Waals surface area contributed by atoms with Crippen LogP contribution < -0.4 is 10.2 Å². The normalized spacial score (nSPS) is 12.6. The zero-order chi connectivity index (χ0) is 25.3. The molecule has 17 heteroatoms. The van der Waals surface area contributed by atoms with Gasteiger partial charge < -0.3 is 19.3 Å². The van der Waals surface area contributed by atoms with E-state index in [9.17, 15) is 44.6 Å². The maximum atomic E-state index is 12.6. The Hall–Kier alpha value is -2.63. The van der Waals surface area contributed by atoms with Gasteiger partial charge in [0.05, 0.1) is 33.5 Å². The smallest absolute Gasteiger partial charge is 0.871 e. The van der Waals surface area contributed by atoms with E-state index in [1.807, 2.05) is 0 Å². The minimum atomic E-state index is -5.11. The van der Waals surface area contributed by atoms with E-state index in [-0.39, 0.29) is 30.7 Å². The summed E-state index contributed by atoms with van der Waals surface area (Å²) in [5, 5.41) is 31.5. The number of hydrogen-bond acceptors (Lipinski definition) is 13. The van der Waals surface area contributed by atoms with E-state index in [1.165, 1.54) is 24.3 Å². The molecule has 0 amide bonds. The van der Waals surface area contributed by atoms with Gasteiger partial charge in [0.25, 0.3) is 0 Å². The van der Waals surface area contributed by atoms with Crippen LogP contribution in [0.3, 0.4) is 0 Å². The first kappa shape index (κ1) is 28.6. The molecule has 191 valence electrons. The van der Waals surface area contributed by atoms with Crippen LogP contribution in [0.1, 0.15) is 2.85 Å². The summed E-state index contributed by atoms with van der Waals surface area (Å²) < 4.78 is 94.7. The maximum absolute atomic E-state index is 12.6. The first-order valence-electron chi connectivity index (χ1n) is 8.93. The SMILES string of the molecule is O=S(=O)([O-])OCCS(=O)(=O)c1ccc([O-])c(N=Nc2cc(S(=O)(=O)[O-])c3ccccc3c2[O-])c1.[Cu+2].[H+].[H+]. The molecule has 0 saturated heterocycles. The van der Waals surface area contributed by atoms with Gasteiger partial charge in [0.15, 0.2) is 9.84 Å². The number of benzene rings is 3. The second-order valence-corrected chi connectivity index (χ2v) is 11.1. The molecule has 0 bridgehead atoms. The van der Waals surface area contributed by atoms with Crippen molar-refractivity contribution in [3.05, 3.63) is 48.5 Å². The van der Waals surface area contributed by atoms with Gasteiger partial charge >= 0.3 is 19.9 Å². The number of fused-ring (bicyclic) bond motifs is 1. The molecule has 0 saturated carbocycles. The predicted octanol–water partition coefficient (Wildman–Crippen LogP) is 0.780. The van der Waals surface area contributed by atoms with E-state index in [2.05, 4.69) is 14.4 Å². The zero-order valence-electron chi connectivity index (χ0n) is 18.9. The molecule has 13 nitrogen and oxygen atoms in total. The monoisotopic (exact) mass is 593 g/mol.